The van der Waals surface area contributed by atoms with Crippen molar-refractivity contribution in [2.24, 2.45) is 0 Å². The number of rotatable bonds is 3. The van der Waals surface area contributed by atoms with Gasteiger partial charge in [0, 0.05) is 7.11 Å². The van der Waals surface area contributed by atoms with E-state index in [1.54, 1.807) is 18.4 Å². The van der Waals surface area contributed by atoms with Gasteiger partial charge in [-0.15, -0.1) is 11.3 Å². The van der Waals surface area contributed by atoms with Gasteiger partial charge in [-0.1, -0.05) is 12.1 Å². The summed E-state index contributed by atoms with van der Waals surface area (Å²) >= 11 is 1.58. The molecule has 0 unspecified atom stereocenters. The molecule has 5 nitrogen and oxygen atoms in total. The highest BCUT2D eigenvalue weighted by atomic mass is 32.1. The van der Waals surface area contributed by atoms with Crippen LogP contribution >= 0.6 is 11.3 Å². The molecule has 1 N–H and O–H groups in total. The molecule has 3 aromatic rings. The third-order valence-corrected chi connectivity index (χ3v) is 3.33. The average molecular weight is 246 g/mol. The minimum Gasteiger partial charge on any atom is -0.377 e. The summed E-state index contributed by atoms with van der Waals surface area (Å²) in [4.78, 5) is 8.81. The van der Waals surface area contributed by atoms with Crippen LogP contribution in [0.15, 0.2) is 24.3 Å². The zero-order valence-electron chi connectivity index (χ0n) is 9.17. The molecule has 0 aliphatic heterocycles. The van der Waals surface area contributed by atoms with Crippen LogP contribution in [0.4, 0.5) is 0 Å². The van der Waals surface area contributed by atoms with E-state index in [4.69, 9.17) is 4.74 Å². The van der Waals surface area contributed by atoms with Crippen molar-refractivity contribution >= 4 is 21.6 Å². The van der Waals surface area contributed by atoms with Crippen molar-refractivity contribution < 1.29 is 4.74 Å². The van der Waals surface area contributed by atoms with E-state index in [9.17, 15) is 0 Å². The van der Waals surface area contributed by atoms with Crippen molar-refractivity contribution in [3.05, 3.63) is 30.1 Å². The van der Waals surface area contributed by atoms with Gasteiger partial charge in [0.25, 0.3) is 0 Å². The van der Waals surface area contributed by atoms with E-state index in [-0.39, 0.29) is 0 Å². The SMILES string of the molecule is COCc1nc(-c2nc3ccccc3s2)n[nH]1. The highest BCUT2D eigenvalue weighted by Crippen LogP contribution is 2.27. The molecule has 0 saturated heterocycles. The Morgan fingerprint density at radius 1 is 1.29 bits per heavy atom. The van der Waals surface area contributed by atoms with E-state index in [0.717, 1.165) is 15.2 Å². The summed E-state index contributed by atoms with van der Waals surface area (Å²) in [5, 5.41) is 7.79. The summed E-state index contributed by atoms with van der Waals surface area (Å²) in [5.41, 5.74) is 0.977. The number of fused-ring (bicyclic) bond motifs is 1. The Kier molecular flexibility index (Phi) is 2.58. The fourth-order valence-corrected chi connectivity index (χ4v) is 2.46. The maximum absolute atomic E-state index is 4.99. The molecule has 0 fully saturated rings. The van der Waals surface area contributed by atoms with Gasteiger partial charge in [-0.25, -0.2) is 9.97 Å². The number of benzene rings is 1. The maximum Gasteiger partial charge on any atom is 0.210 e. The first-order chi connectivity index (χ1) is 8.36. The molecule has 86 valence electrons. The second-order valence-electron chi connectivity index (χ2n) is 3.53. The van der Waals surface area contributed by atoms with Crippen molar-refractivity contribution in [2.45, 2.75) is 6.61 Å². The smallest absolute Gasteiger partial charge is 0.210 e. The molecule has 0 aliphatic carbocycles. The summed E-state index contributed by atoms with van der Waals surface area (Å²) in [6, 6.07) is 8.00. The Bertz CT molecular complexity index is 613. The Balaban J connectivity index is 2.01. The molecule has 0 atom stereocenters. The molecule has 3 rings (SSSR count). The van der Waals surface area contributed by atoms with Crippen LogP contribution in [0, 0.1) is 0 Å². The fraction of sp³-hybridized carbons (Fsp3) is 0.182. The summed E-state index contributed by atoms with van der Waals surface area (Å²) in [6.07, 6.45) is 0. The number of H-pyrrole nitrogens is 1. The lowest BCUT2D eigenvalue weighted by Crippen LogP contribution is -1.89. The van der Waals surface area contributed by atoms with Gasteiger partial charge >= 0.3 is 0 Å². The molecule has 0 aliphatic rings. The van der Waals surface area contributed by atoms with Crippen molar-refractivity contribution in [3.8, 4) is 10.8 Å². The van der Waals surface area contributed by atoms with Crippen molar-refractivity contribution in [3.63, 3.8) is 0 Å². The number of aromatic nitrogens is 4. The third-order valence-electron chi connectivity index (χ3n) is 2.30. The minimum absolute atomic E-state index is 0.428. The van der Waals surface area contributed by atoms with Crippen molar-refractivity contribution in [2.75, 3.05) is 7.11 Å². The molecule has 2 aromatic heterocycles. The highest BCUT2D eigenvalue weighted by Gasteiger charge is 2.10. The number of nitrogens with zero attached hydrogens (tertiary/aromatic N) is 3. The molecule has 0 radical (unpaired) electrons. The van der Waals surface area contributed by atoms with Crippen LogP contribution in [-0.2, 0) is 11.3 Å². The van der Waals surface area contributed by atoms with Crippen LogP contribution in [0.3, 0.4) is 0 Å². The lowest BCUT2D eigenvalue weighted by Gasteiger charge is -1.88. The summed E-state index contributed by atoms with van der Waals surface area (Å²) in [7, 11) is 1.62. The van der Waals surface area contributed by atoms with E-state index in [1.165, 1.54) is 0 Å². The number of hydrogen-bond acceptors (Lipinski definition) is 5. The van der Waals surface area contributed by atoms with Gasteiger partial charge in [0.05, 0.1) is 10.2 Å². The Labute approximate surface area is 101 Å². The van der Waals surface area contributed by atoms with Crippen LogP contribution < -0.4 is 0 Å². The fourth-order valence-electron chi connectivity index (χ4n) is 1.56. The molecule has 0 bridgehead atoms. The number of ether oxygens (including phenoxy) is 1. The molecule has 0 saturated carbocycles. The quantitative estimate of drug-likeness (QED) is 0.769. The van der Waals surface area contributed by atoms with E-state index in [2.05, 4.69) is 20.2 Å². The van der Waals surface area contributed by atoms with Gasteiger partial charge in [0.15, 0.2) is 10.8 Å². The molecular weight excluding hydrogens is 236 g/mol. The topological polar surface area (TPSA) is 63.7 Å². The summed E-state index contributed by atoms with van der Waals surface area (Å²) in [6.45, 7) is 0.428. The predicted octanol–water partition coefficient (Wildman–Crippen LogP) is 2.23. The van der Waals surface area contributed by atoms with Crippen molar-refractivity contribution in [1.82, 2.24) is 20.2 Å². The van der Waals surface area contributed by atoms with E-state index >= 15 is 0 Å². The first-order valence-electron chi connectivity index (χ1n) is 5.13. The normalized spacial score (nSPS) is 11.1. The number of para-hydroxylation sites is 1. The second kappa shape index (κ2) is 4.23. The summed E-state index contributed by atoms with van der Waals surface area (Å²) < 4.78 is 6.12. The number of nitrogens with one attached hydrogen (secondary N) is 1. The first kappa shape index (κ1) is 10.4. The molecule has 17 heavy (non-hydrogen) atoms. The van der Waals surface area contributed by atoms with Gasteiger partial charge in [0.1, 0.15) is 6.61 Å². The van der Waals surface area contributed by atoms with Gasteiger partial charge < -0.3 is 4.74 Å². The van der Waals surface area contributed by atoms with Crippen LogP contribution in [-0.4, -0.2) is 27.3 Å². The lowest BCUT2D eigenvalue weighted by atomic mass is 10.3. The van der Waals surface area contributed by atoms with Gasteiger partial charge in [-0.05, 0) is 12.1 Å². The van der Waals surface area contributed by atoms with Gasteiger partial charge in [0.2, 0.25) is 5.82 Å². The zero-order valence-corrected chi connectivity index (χ0v) is 9.99. The number of aromatic amines is 1. The van der Waals surface area contributed by atoms with E-state index in [1.807, 2.05) is 24.3 Å². The third kappa shape index (κ3) is 1.92. The molecule has 0 spiro atoms. The first-order valence-corrected chi connectivity index (χ1v) is 5.94. The van der Waals surface area contributed by atoms with Crippen molar-refractivity contribution in [1.29, 1.82) is 0 Å². The Hall–Kier alpha value is -1.79. The predicted molar refractivity (Wildman–Crippen MR) is 65.7 cm³/mol. The monoisotopic (exact) mass is 246 g/mol. The largest absolute Gasteiger partial charge is 0.377 e. The molecule has 1 aromatic carbocycles. The summed E-state index contributed by atoms with van der Waals surface area (Å²) in [5.74, 6) is 1.33. The standard InChI is InChI=1S/C11H10N4OS/c1-16-6-9-13-10(15-14-9)11-12-7-4-2-3-5-8(7)17-11/h2-5H,6H2,1H3,(H,13,14,15). The maximum atomic E-state index is 4.99. The van der Waals surface area contributed by atoms with Gasteiger partial charge in [-0.2, -0.15) is 5.10 Å². The van der Waals surface area contributed by atoms with Crippen LogP contribution in [0.1, 0.15) is 5.82 Å². The van der Waals surface area contributed by atoms with Gasteiger partial charge in [-0.3, -0.25) is 5.10 Å². The Morgan fingerprint density at radius 2 is 2.18 bits per heavy atom. The molecule has 0 amide bonds. The van der Waals surface area contributed by atoms with Crippen LogP contribution in [0.25, 0.3) is 21.0 Å². The molecule has 6 heteroatoms. The Morgan fingerprint density at radius 3 is 3.00 bits per heavy atom. The highest BCUT2D eigenvalue weighted by molar-refractivity contribution is 7.21. The van der Waals surface area contributed by atoms with E-state index in [0.29, 0.717) is 18.3 Å². The minimum atomic E-state index is 0.428. The zero-order chi connectivity index (χ0) is 11.7. The van der Waals surface area contributed by atoms with Crippen LogP contribution in [0.2, 0.25) is 0 Å². The van der Waals surface area contributed by atoms with Crippen LogP contribution in [0.5, 0.6) is 0 Å². The number of hydrogen-bond donors (Lipinski definition) is 1. The molecule has 2 heterocycles. The second-order valence-corrected chi connectivity index (χ2v) is 4.56. The number of methoxy groups -OCH3 is 1. The average Bonchev–Trinajstić information content (AvgIpc) is 2.94. The molecular formula is C11H10N4OS. The lowest BCUT2D eigenvalue weighted by molar-refractivity contribution is 0.178. The number of thiazole rings is 1. The van der Waals surface area contributed by atoms with E-state index < -0.39 is 0 Å².